The van der Waals surface area contributed by atoms with E-state index in [1.807, 2.05) is 48.5 Å². The number of nitrogens with zero attached hydrogens (tertiary/aromatic N) is 1. The average Bonchev–Trinajstić information content (AvgIpc) is 2.87. The lowest BCUT2D eigenvalue weighted by Gasteiger charge is -2.21. The molecule has 0 saturated heterocycles. The number of para-hydroxylation sites is 1. The fourth-order valence-corrected chi connectivity index (χ4v) is 4.22. The van der Waals surface area contributed by atoms with Gasteiger partial charge in [0.1, 0.15) is 0 Å². The maximum Gasteiger partial charge on any atom is 0.200 e. The van der Waals surface area contributed by atoms with Crippen molar-refractivity contribution in [1.29, 1.82) is 0 Å². The predicted octanol–water partition coefficient (Wildman–Crippen LogP) is 6.09. The van der Waals surface area contributed by atoms with E-state index in [0.717, 1.165) is 17.7 Å². The van der Waals surface area contributed by atoms with E-state index < -0.39 is 22.8 Å². The minimum Gasteiger partial charge on any atom is -0.312 e. The summed E-state index contributed by atoms with van der Waals surface area (Å²) in [6.07, 6.45) is 0.244. The number of ketones is 1. The molecule has 0 atom stereocenters. The molecule has 0 aliphatic heterocycles. The standard InChI is InChI=1S/C29H19F2NO2/c30-23-17-22-25(18-24(23)31)32(21-14-8-3-9-15-21)26(16-19-10-4-1-5-11-19)27(29(22)34)28(33)20-12-6-2-7-13-20/h1-15,17-18H,16H2. The molecule has 0 aliphatic carbocycles. The summed E-state index contributed by atoms with van der Waals surface area (Å²) in [7, 11) is 0. The molecular weight excluding hydrogens is 432 g/mol. The summed E-state index contributed by atoms with van der Waals surface area (Å²) in [5.74, 6) is -2.67. The number of halogens is 2. The summed E-state index contributed by atoms with van der Waals surface area (Å²) in [4.78, 5) is 27.4. The molecule has 5 heteroatoms. The molecule has 1 aromatic heterocycles. The van der Waals surface area contributed by atoms with Gasteiger partial charge in [-0.05, 0) is 23.8 Å². The number of carbonyl (C=O) groups excluding carboxylic acids is 1. The van der Waals surface area contributed by atoms with E-state index in [4.69, 9.17) is 0 Å². The molecule has 5 rings (SSSR count). The average molecular weight is 451 g/mol. The molecular formula is C29H19F2NO2. The highest BCUT2D eigenvalue weighted by molar-refractivity contribution is 6.11. The van der Waals surface area contributed by atoms with Gasteiger partial charge in [-0.3, -0.25) is 9.59 Å². The zero-order chi connectivity index (χ0) is 23.7. The Morgan fingerprint density at radius 2 is 1.29 bits per heavy atom. The highest BCUT2D eigenvalue weighted by Gasteiger charge is 2.25. The Morgan fingerprint density at radius 3 is 1.94 bits per heavy atom. The number of pyridine rings is 1. The number of benzene rings is 4. The Kier molecular flexibility index (Phi) is 5.60. The van der Waals surface area contributed by atoms with Crippen LogP contribution in [0.2, 0.25) is 0 Å². The number of aromatic nitrogens is 1. The molecule has 1 heterocycles. The van der Waals surface area contributed by atoms with E-state index in [-0.39, 0.29) is 22.9 Å². The van der Waals surface area contributed by atoms with Crippen molar-refractivity contribution in [3.63, 3.8) is 0 Å². The minimum atomic E-state index is -1.14. The van der Waals surface area contributed by atoms with E-state index in [2.05, 4.69) is 0 Å². The van der Waals surface area contributed by atoms with E-state index in [9.17, 15) is 18.4 Å². The molecule has 5 aromatic rings. The summed E-state index contributed by atoms with van der Waals surface area (Å²) < 4.78 is 30.3. The summed E-state index contributed by atoms with van der Waals surface area (Å²) in [5.41, 5.74) is 1.77. The molecule has 0 amide bonds. The third-order valence-corrected chi connectivity index (χ3v) is 5.80. The second-order valence-electron chi connectivity index (χ2n) is 7.96. The fourth-order valence-electron chi connectivity index (χ4n) is 4.22. The van der Waals surface area contributed by atoms with Crippen LogP contribution in [0.1, 0.15) is 27.2 Å². The highest BCUT2D eigenvalue weighted by atomic mass is 19.2. The lowest BCUT2D eigenvalue weighted by Crippen LogP contribution is -2.25. The van der Waals surface area contributed by atoms with Crippen molar-refractivity contribution in [2.24, 2.45) is 0 Å². The number of carbonyl (C=O) groups is 1. The van der Waals surface area contributed by atoms with Crippen LogP contribution in [0.25, 0.3) is 16.6 Å². The van der Waals surface area contributed by atoms with Crippen molar-refractivity contribution in [2.75, 3.05) is 0 Å². The maximum atomic E-state index is 14.4. The van der Waals surface area contributed by atoms with Gasteiger partial charge < -0.3 is 4.57 Å². The van der Waals surface area contributed by atoms with Crippen molar-refractivity contribution in [1.82, 2.24) is 4.57 Å². The molecule has 0 aliphatic rings. The monoisotopic (exact) mass is 451 g/mol. The molecule has 3 nitrogen and oxygen atoms in total. The van der Waals surface area contributed by atoms with Gasteiger partial charge in [-0.2, -0.15) is 0 Å². The van der Waals surface area contributed by atoms with Crippen LogP contribution in [-0.4, -0.2) is 10.4 Å². The quantitative estimate of drug-likeness (QED) is 0.303. The summed E-state index contributed by atoms with van der Waals surface area (Å²) >= 11 is 0. The third kappa shape index (κ3) is 3.82. The second kappa shape index (κ2) is 8.87. The number of hydrogen-bond acceptors (Lipinski definition) is 2. The lowest BCUT2D eigenvalue weighted by atomic mass is 9.95. The van der Waals surface area contributed by atoms with Gasteiger partial charge in [-0.25, -0.2) is 8.78 Å². The van der Waals surface area contributed by atoms with E-state index in [0.29, 0.717) is 16.9 Å². The molecule has 0 bridgehead atoms. The first-order valence-electron chi connectivity index (χ1n) is 10.8. The topological polar surface area (TPSA) is 39.1 Å². The Hall–Kier alpha value is -4.38. The van der Waals surface area contributed by atoms with Gasteiger partial charge >= 0.3 is 0 Å². The highest BCUT2D eigenvalue weighted by Crippen LogP contribution is 2.27. The van der Waals surface area contributed by atoms with E-state index in [1.165, 1.54) is 0 Å². The first-order chi connectivity index (χ1) is 16.5. The van der Waals surface area contributed by atoms with Gasteiger partial charge in [0.25, 0.3) is 0 Å². The SMILES string of the molecule is O=C(c1ccccc1)c1c(Cc2ccccc2)n(-c2ccccc2)c2cc(F)c(F)cc2c1=O. The first kappa shape index (κ1) is 21.5. The van der Waals surface area contributed by atoms with Crippen LogP contribution >= 0.6 is 0 Å². The van der Waals surface area contributed by atoms with Crippen LogP contribution in [0.5, 0.6) is 0 Å². The van der Waals surface area contributed by atoms with Crippen LogP contribution in [-0.2, 0) is 6.42 Å². The number of hydrogen-bond donors (Lipinski definition) is 0. The van der Waals surface area contributed by atoms with Crippen molar-refractivity contribution in [2.45, 2.75) is 6.42 Å². The van der Waals surface area contributed by atoms with Gasteiger partial charge in [0.05, 0.1) is 11.1 Å². The lowest BCUT2D eigenvalue weighted by molar-refractivity contribution is 0.103. The van der Waals surface area contributed by atoms with Gasteiger partial charge in [0, 0.05) is 34.8 Å². The van der Waals surface area contributed by atoms with E-state index in [1.54, 1.807) is 47.0 Å². The second-order valence-corrected chi connectivity index (χ2v) is 7.96. The predicted molar refractivity (Wildman–Crippen MR) is 129 cm³/mol. The Labute approximate surface area is 194 Å². The molecule has 166 valence electrons. The van der Waals surface area contributed by atoms with Crippen molar-refractivity contribution >= 4 is 16.7 Å². The van der Waals surface area contributed by atoms with Crippen LogP contribution < -0.4 is 5.43 Å². The van der Waals surface area contributed by atoms with Crippen molar-refractivity contribution in [3.8, 4) is 5.69 Å². The molecule has 0 unspecified atom stereocenters. The van der Waals surface area contributed by atoms with Crippen LogP contribution in [0.15, 0.2) is 108 Å². The fraction of sp³-hybridized carbons (Fsp3) is 0.0345. The minimum absolute atomic E-state index is 0.0566. The zero-order valence-electron chi connectivity index (χ0n) is 18.0. The molecule has 0 N–H and O–H groups in total. The third-order valence-electron chi connectivity index (χ3n) is 5.80. The molecule has 4 aromatic carbocycles. The Bertz CT molecular complexity index is 1560. The number of rotatable bonds is 5. The maximum absolute atomic E-state index is 14.4. The largest absolute Gasteiger partial charge is 0.312 e. The summed E-state index contributed by atoms with van der Waals surface area (Å²) in [5, 5.41) is -0.0566. The normalized spacial score (nSPS) is 11.0. The Morgan fingerprint density at radius 1 is 0.735 bits per heavy atom. The van der Waals surface area contributed by atoms with Gasteiger partial charge in [0.2, 0.25) is 5.43 Å². The first-order valence-corrected chi connectivity index (χ1v) is 10.8. The van der Waals surface area contributed by atoms with Crippen molar-refractivity contribution < 1.29 is 13.6 Å². The number of fused-ring (bicyclic) bond motifs is 1. The smallest absolute Gasteiger partial charge is 0.200 e. The Balaban J connectivity index is 1.93. The zero-order valence-corrected chi connectivity index (χ0v) is 18.0. The molecule has 0 saturated carbocycles. The molecule has 34 heavy (non-hydrogen) atoms. The van der Waals surface area contributed by atoms with Gasteiger partial charge in [-0.15, -0.1) is 0 Å². The van der Waals surface area contributed by atoms with E-state index >= 15 is 0 Å². The van der Waals surface area contributed by atoms with Gasteiger partial charge in [0.15, 0.2) is 17.4 Å². The van der Waals surface area contributed by atoms with Gasteiger partial charge in [-0.1, -0.05) is 78.9 Å². The molecule has 0 fully saturated rings. The van der Waals surface area contributed by atoms with Crippen LogP contribution in [0, 0.1) is 11.6 Å². The summed E-state index contributed by atoms with van der Waals surface area (Å²) in [6.45, 7) is 0. The summed E-state index contributed by atoms with van der Waals surface area (Å²) in [6, 6.07) is 28.8. The van der Waals surface area contributed by atoms with Crippen molar-refractivity contribution in [3.05, 3.63) is 147 Å². The van der Waals surface area contributed by atoms with Crippen LogP contribution in [0.4, 0.5) is 8.78 Å². The molecule has 0 radical (unpaired) electrons. The molecule has 0 spiro atoms. The van der Waals surface area contributed by atoms with Crippen LogP contribution in [0.3, 0.4) is 0 Å².